The highest BCUT2D eigenvalue weighted by atomic mass is 16.5. The number of ether oxygens (including phenoxy) is 3. The average molecular weight is 515 g/mol. The molecule has 0 aliphatic carbocycles. The van der Waals surface area contributed by atoms with Gasteiger partial charge in [0.25, 0.3) is 0 Å². The lowest BCUT2D eigenvalue weighted by Gasteiger charge is -2.11. The first-order valence-corrected chi connectivity index (χ1v) is 14.0. The molecule has 3 aromatic rings. The van der Waals surface area contributed by atoms with Crippen LogP contribution in [0.4, 0.5) is 0 Å². The van der Waals surface area contributed by atoms with E-state index in [9.17, 15) is 4.79 Å². The summed E-state index contributed by atoms with van der Waals surface area (Å²) in [6.07, 6.45) is 11.5. The van der Waals surface area contributed by atoms with E-state index in [1.54, 1.807) is 24.3 Å². The Hall–Kier alpha value is -3.53. The number of allylic oxidation sites excluding steroid dienone is 1. The Morgan fingerprint density at radius 3 is 1.89 bits per heavy atom. The zero-order chi connectivity index (χ0) is 27.0. The summed E-state index contributed by atoms with van der Waals surface area (Å²) in [6, 6.07) is 22.7. The van der Waals surface area contributed by atoms with Gasteiger partial charge in [0.2, 0.25) is 0 Å². The number of carbonyl (C=O) groups is 1. The number of unbranched alkanes of at least 4 members (excludes halogenated alkanes) is 6. The Kier molecular flexibility index (Phi) is 12.5. The minimum absolute atomic E-state index is 0.382. The van der Waals surface area contributed by atoms with Gasteiger partial charge in [-0.05, 0) is 84.8 Å². The number of esters is 1. The van der Waals surface area contributed by atoms with Crippen molar-refractivity contribution in [1.29, 1.82) is 0 Å². The summed E-state index contributed by atoms with van der Waals surface area (Å²) in [6.45, 7) is 9.53. The summed E-state index contributed by atoms with van der Waals surface area (Å²) in [5, 5.41) is 0. The fourth-order valence-electron chi connectivity index (χ4n) is 3.96. The van der Waals surface area contributed by atoms with Gasteiger partial charge >= 0.3 is 5.97 Å². The molecule has 3 rings (SSSR count). The minimum Gasteiger partial charge on any atom is -0.494 e. The lowest BCUT2D eigenvalue weighted by atomic mass is 10.0. The molecule has 0 N–H and O–H groups in total. The van der Waals surface area contributed by atoms with Crippen LogP contribution >= 0.6 is 0 Å². The number of hydrogen-bond acceptors (Lipinski definition) is 4. The highest BCUT2D eigenvalue weighted by Gasteiger charge is 2.10. The molecule has 0 unspecified atom stereocenters. The van der Waals surface area contributed by atoms with Gasteiger partial charge in [-0.3, -0.25) is 0 Å². The molecule has 0 bridgehead atoms. The normalized spacial score (nSPS) is 11.5. The first-order valence-electron chi connectivity index (χ1n) is 14.0. The standard InChI is InChI=1S/C34H42O4/c1-4-6-7-8-9-10-11-12-25-36-31-21-23-33(24-22-31)38-34(35)30-15-13-28(14-16-30)29-17-19-32(20-18-29)37-26-27(3)5-2/h4,13-24,27H,1,5-12,25-26H2,2-3H3/t27-/m0/s1. The Bertz CT molecular complexity index is 1080. The SMILES string of the molecule is C=CCCCCCCCCOc1ccc(OC(=O)c2ccc(-c3ccc(OC[C@@H](C)CC)cc3)cc2)cc1. The van der Waals surface area contributed by atoms with Crippen molar-refractivity contribution in [1.82, 2.24) is 0 Å². The Balaban J connectivity index is 1.40. The molecule has 0 amide bonds. The van der Waals surface area contributed by atoms with Crippen molar-refractivity contribution < 1.29 is 19.0 Å². The van der Waals surface area contributed by atoms with Gasteiger partial charge in [-0.1, -0.05) is 76.3 Å². The van der Waals surface area contributed by atoms with Crippen LogP contribution in [-0.2, 0) is 0 Å². The molecular formula is C34H42O4. The molecule has 0 heterocycles. The highest BCUT2D eigenvalue weighted by Crippen LogP contribution is 2.24. The van der Waals surface area contributed by atoms with Crippen molar-refractivity contribution in [3.8, 4) is 28.4 Å². The summed E-state index contributed by atoms with van der Waals surface area (Å²) in [5.74, 6) is 2.31. The van der Waals surface area contributed by atoms with E-state index in [1.165, 1.54) is 32.1 Å². The summed E-state index contributed by atoms with van der Waals surface area (Å²) >= 11 is 0. The molecule has 0 aliphatic rings. The third-order valence-corrected chi connectivity index (χ3v) is 6.65. The third-order valence-electron chi connectivity index (χ3n) is 6.65. The molecule has 0 aromatic heterocycles. The van der Waals surface area contributed by atoms with E-state index in [2.05, 4.69) is 20.4 Å². The van der Waals surface area contributed by atoms with Crippen molar-refractivity contribution in [2.24, 2.45) is 5.92 Å². The quantitative estimate of drug-likeness (QED) is 0.0779. The number of hydrogen-bond donors (Lipinski definition) is 0. The topological polar surface area (TPSA) is 44.8 Å². The minimum atomic E-state index is -0.382. The fraction of sp³-hybridized carbons (Fsp3) is 0.382. The Morgan fingerprint density at radius 1 is 0.737 bits per heavy atom. The predicted molar refractivity (Wildman–Crippen MR) is 156 cm³/mol. The summed E-state index contributed by atoms with van der Waals surface area (Å²) < 4.78 is 17.2. The highest BCUT2D eigenvalue weighted by molar-refractivity contribution is 5.91. The smallest absolute Gasteiger partial charge is 0.343 e. The van der Waals surface area contributed by atoms with Crippen LogP contribution in [0.1, 0.15) is 75.6 Å². The van der Waals surface area contributed by atoms with Gasteiger partial charge in [0.05, 0.1) is 18.8 Å². The Labute approximate surface area is 228 Å². The van der Waals surface area contributed by atoms with Crippen LogP contribution in [0.3, 0.4) is 0 Å². The first kappa shape index (κ1) is 29.0. The van der Waals surface area contributed by atoms with Gasteiger partial charge in [0, 0.05) is 0 Å². The molecule has 202 valence electrons. The van der Waals surface area contributed by atoms with Crippen molar-refractivity contribution >= 4 is 5.97 Å². The molecule has 38 heavy (non-hydrogen) atoms. The van der Waals surface area contributed by atoms with Gasteiger partial charge in [0.1, 0.15) is 17.2 Å². The van der Waals surface area contributed by atoms with Gasteiger partial charge in [0.15, 0.2) is 0 Å². The van der Waals surface area contributed by atoms with Gasteiger partial charge < -0.3 is 14.2 Å². The zero-order valence-electron chi connectivity index (χ0n) is 23.0. The van der Waals surface area contributed by atoms with Crippen molar-refractivity contribution in [3.63, 3.8) is 0 Å². The second-order valence-corrected chi connectivity index (χ2v) is 9.83. The van der Waals surface area contributed by atoms with Gasteiger partial charge in [-0.25, -0.2) is 4.79 Å². The molecule has 0 saturated heterocycles. The summed E-state index contributed by atoms with van der Waals surface area (Å²) in [4.78, 5) is 12.6. The van der Waals surface area contributed by atoms with Crippen LogP contribution < -0.4 is 14.2 Å². The number of rotatable bonds is 17. The van der Waals surface area contributed by atoms with Crippen LogP contribution in [-0.4, -0.2) is 19.2 Å². The van der Waals surface area contributed by atoms with Crippen molar-refractivity contribution in [2.45, 2.75) is 65.2 Å². The molecule has 0 saturated carbocycles. The number of carbonyl (C=O) groups excluding carboxylic acids is 1. The first-order chi connectivity index (χ1) is 18.6. The van der Waals surface area contributed by atoms with Crippen LogP contribution in [0, 0.1) is 5.92 Å². The van der Waals surface area contributed by atoms with Crippen LogP contribution in [0.15, 0.2) is 85.5 Å². The molecule has 4 heteroatoms. The zero-order valence-corrected chi connectivity index (χ0v) is 23.0. The van der Waals surface area contributed by atoms with Crippen LogP contribution in [0.5, 0.6) is 17.2 Å². The van der Waals surface area contributed by atoms with E-state index in [0.717, 1.165) is 48.5 Å². The van der Waals surface area contributed by atoms with Crippen LogP contribution in [0.25, 0.3) is 11.1 Å². The lowest BCUT2D eigenvalue weighted by Crippen LogP contribution is -2.08. The second-order valence-electron chi connectivity index (χ2n) is 9.83. The maximum absolute atomic E-state index is 12.6. The maximum atomic E-state index is 12.6. The van der Waals surface area contributed by atoms with Gasteiger partial charge in [-0.2, -0.15) is 0 Å². The molecule has 0 fully saturated rings. The second kappa shape index (κ2) is 16.3. The lowest BCUT2D eigenvalue weighted by molar-refractivity contribution is 0.0734. The monoisotopic (exact) mass is 514 g/mol. The van der Waals surface area contributed by atoms with Gasteiger partial charge in [-0.15, -0.1) is 6.58 Å². The molecule has 1 atom stereocenters. The molecule has 0 aliphatic heterocycles. The van der Waals surface area contributed by atoms with E-state index in [4.69, 9.17) is 14.2 Å². The predicted octanol–water partition coefficient (Wildman–Crippen LogP) is 9.29. The summed E-state index contributed by atoms with van der Waals surface area (Å²) in [5.41, 5.74) is 2.61. The molecule has 4 nitrogen and oxygen atoms in total. The van der Waals surface area contributed by atoms with Crippen molar-refractivity contribution in [2.75, 3.05) is 13.2 Å². The Morgan fingerprint density at radius 2 is 1.26 bits per heavy atom. The average Bonchev–Trinajstić information content (AvgIpc) is 2.96. The molecule has 0 spiro atoms. The van der Waals surface area contributed by atoms with E-state index in [0.29, 0.717) is 23.8 Å². The van der Waals surface area contributed by atoms with Crippen LogP contribution in [0.2, 0.25) is 0 Å². The largest absolute Gasteiger partial charge is 0.494 e. The molecule has 0 radical (unpaired) electrons. The fourth-order valence-corrected chi connectivity index (χ4v) is 3.96. The van der Waals surface area contributed by atoms with E-state index in [-0.39, 0.29) is 5.97 Å². The number of benzene rings is 3. The maximum Gasteiger partial charge on any atom is 0.343 e. The van der Waals surface area contributed by atoms with E-state index in [1.807, 2.05) is 54.6 Å². The molecule has 3 aromatic carbocycles. The van der Waals surface area contributed by atoms with E-state index < -0.39 is 0 Å². The third kappa shape index (κ3) is 10.1. The van der Waals surface area contributed by atoms with Crippen molar-refractivity contribution in [3.05, 3.63) is 91.0 Å². The molecular weight excluding hydrogens is 472 g/mol. The summed E-state index contributed by atoms with van der Waals surface area (Å²) in [7, 11) is 0. The van der Waals surface area contributed by atoms with E-state index >= 15 is 0 Å².